The van der Waals surface area contributed by atoms with E-state index < -0.39 is 0 Å². The predicted molar refractivity (Wildman–Crippen MR) is 57.7 cm³/mol. The van der Waals surface area contributed by atoms with Gasteiger partial charge in [-0.05, 0) is 0 Å². The second-order valence-corrected chi connectivity index (χ2v) is 3.11. The Morgan fingerprint density at radius 2 is 2.50 bits per heavy atom. The molecule has 2 N–H and O–H groups in total. The Morgan fingerprint density at radius 1 is 1.71 bits per heavy atom. The van der Waals surface area contributed by atoms with Gasteiger partial charge in [0.2, 0.25) is 0 Å². The molecule has 1 aromatic heterocycles. The summed E-state index contributed by atoms with van der Waals surface area (Å²) in [5.74, 6) is 0.767. The minimum Gasteiger partial charge on any atom is -0.359 e. The summed E-state index contributed by atoms with van der Waals surface area (Å²) < 4.78 is 1.78. The molecule has 5 nitrogen and oxygen atoms in total. The van der Waals surface area contributed by atoms with Crippen LogP contribution in [0.25, 0.3) is 0 Å². The first-order valence-corrected chi connectivity index (χ1v) is 4.70. The van der Waals surface area contributed by atoms with Crippen molar-refractivity contribution in [3.05, 3.63) is 17.4 Å². The molecule has 14 heavy (non-hydrogen) atoms. The van der Waals surface area contributed by atoms with E-state index in [0.717, 1.165) is 19.0 Å². The molecule has 0 aliphatic carbocycles. The van der Waals surface area contributed by atoms with Gasteiger partial charge in [-0.2, -0.15) is 5.10 Å². The van der Waals surface area contributed by atoms with Gasteiger partial charge in [-0.3, -0.25) is 9.67 Å². The Bertz CT molecular complexity index is 306. The summed E-state index contributed by atoms with van der Waals surface area (Å²) in [7, 11) is 3.55. The molecule has 0 radical (unpaired) electrons. The topological polar surface area (TPSA) is 54.2 Å². The predicted octanol–water partition coefficient (Wildman–Crippen LogP) is 0.331. The fourth-order valence-electron chi connectivity index (χ4n) is 1.03. The van der Waals surface area contributed by atoms with Crippen LogP contribution < -0.4 is 10.6 Å². The summed E-state index contributed by atoms with van der Waals surface area (Å²) in [6, 6.07) is 0. The van der Waals surface area contributed by atoms with Crippen molar-refractivity contribution in [2.75, 3.05) is 20.6 Å². The molecular formula is C8H14ClN5. The molecule has 0 aliphatic heterocycles. The zero-order valence-electron chi connectivity index (χ0n) is 8.29. The number of rotatable bonds is 3. The summed E-state index contributed by atoms with van der Waals surface area (Å²) in [4.78, 5) is 3.98. The Morgan fingerprint density at radius 3 is 3.00 bits per heavy atom. The van der Waals surface area contributed by atoms with Crippen molar-refractivity contribution in [1.82, 2.24) is 20.4 Å². The van der Waals surface area contributed by atoms with Crippen molar-refractivity contribution in [1.29, 1.82) is 0 Å². The minimum atomic E-state index is 0.656. The number of aliphatic imine (C=N–C) groups is 1. The summed E-state index contributed by atoms with van der Waals surface area (Å²) in [5, 5.41) is 10.7. The van der Waals surface area contributed by atoms with Crippen LogP contribution >= 0.6 is 11.6 Å². The maximum atomic E-state index is 5.72. The molecule has 0 bridgehead atoms. The quantitative estimate of drug-likeness (QED) is 0.565. The van der Waals surface area contributed by atoms with E-state index in [4.69, 9.17) is 11.6 Å². The number of guanidine groups is 1. The summed E-state index contributed by atoms with van der Waals surface area (Å²) in [6.07, 6.45) is 3.40. The Labute approximate surface area is 88.2 Å². The van der Waals surface area contributed by atoms with Gasteiger partial charge < -0.3 is 10.6 Å². The molecule has 78 valence electrons. The molecule has 0 unspecified atom stereocenters. The van der Waals surface area contributed by atoms with Crippen LogP contribution in [0.5, 0.6) is 0 Å². The van der Waals surface area contributed by atoms with Gasteiger partial charge in [0.05, 0.1) is 17.8 Å². The van der Waals surface area contributed by atoms with E-state index in [-0.39, 0.29) is 0 Å². The lowest BCUT2D eigenvalue weighted by Gasteiger charge is -2.07. The highest BCUT2D eigenvalue weighted by Gasteiger charge is 1.96. The van der Waals surface area contributed by atoms with Crippen LogP contribution in [0.1, 0.15) is 0 Å². The normalized spacial score (nSPS) is 11.5. The average molecular weight is 216 g/mol. The van der Waals surface area contributed by atoms with Crippen LogP contribution in [0.15, 0.2) is 17.4 Å². The van der Waals surface area contributed by atoms with E-state index in [1.807, 2.05) is 7.05 Å². The monoisotopic (exact) mass is 215 g/mol. The van der Waals surface area contributed by atoms with E-state index >= 15 is 0 Å². The Balaban J connectivity index is 2.28. The molecule has 0 aromatic carbocycles. The highest BCUT2D eigenvalue weighted by Crippen LogP contribution is 2.03. The molecule has 0 amide bonds. The first-order chi connectivity index (χ1) is 6.76. The van der Waals surface area contributed by atoms with Gasteiger partial charge in [0.15, 0.2) is 5.96 Å². The molecule has 0 aliphatic rings. The minimum absolute atomic E-state index is 0.656. The summed E-state index contributed by atoms with van der Waals surface area (Å²) in [6.45, 7) is 1.51. The Kier molecular flexibility index (Phi) is 4.25. The third-order valence-corrected chi connectivity index (χ3v) is 1.89. The van der Waals surface area contributed by atoms with E-state index in [0.29, 0.717) is 5.02 Å². The average Bonchev–Trinajstić information content (AvgIpc) is 2.59. The molecule has 0 fully saturated rings. The van der Waals surface area contributed by atoms with Crippen LogP contribution in [0.2, 0.25) is 5.02 Å². The first kappa shape index (κ1) is 10.8. The van der Waals surface area contributed by atoms with Gasteiger partial charge in [0.1, 0.15) is 0 Å². The second-order valence-electron chi connectivity index (χ2n) is 2.67. The molecular weight excluding hydrogens is 202 g/mol. The highest BCUT2D eigenvalue weighted by molar-refractivity contribution is 6.30. The van der Waals surface area contributed by atoms with Gasteiger partial charge in [-0.25, -0.2) is 0 Å². The van der Waals surface area contributed by atoms with E-state index in [1.165, 1.54) is 0 Å². The van der Waals surface area contributed by atoms with E-state index in [1.54, 1.807) is 24.1 Å². The van der Waals surface area contributed by atoms with Crippen molar-refractivity contribution in [2.45, 2.75) is 6.54 Å². The van der Waals surface area contributed by atoms with Crippen molar-refractivity contribution in [3.63, 3.8) is 0 Å². The zero-order chi connectivity index (χ0) is 10.4. The standard InChI is InChI=1S/C8H14ClN5/c1-10-8(11-2)12-3-4-14-6-7(9)5-13-14/h5-6H,3-4H2,1-2H3,(H2,10,11,12). The maximum absolute atomic E-state index is 5.72. The number of hydrogen-bond donors (Lipinski definition) is 2. The SMILES string of the molecule is CN=C(NC)NCCn1cc(Cl)cn1. The second kappa shape index (κ2) is 5.49. The van der Waals surface area contributed by atoms with Crippen molar-refractivity contribution in [3.8, 4) is 0 Å². The first-order valence-electron chi connectivity index (χ1n) is 4.32. The molecule has 1 rings (SSSR count). The molecule has 1 heterocycles. The number of nitrogens with zero attached hydrogens (tertiary/aromatic N) is 3. The summed E-state index contributed by atoms with van der Waals surface area (Å²) in [5.41, 5.74) is 0. The van der Waals surface area contributed by atoms with Gasteiger partial charge in [0.25, 0.3) is 0 Å². The maximum Gasteiger partial charge on any atom is 0.190 e. The zero-order valence-corrected chi connectivity index (χ0v) is 9.04. The van der Waals surface area contributed by atoms with E-state index in [9.17, 15) is 0 Å². The molecule has 0 saturated heterocycles. The summed E-state index contributed by atoms with van der Waals surface area (Å²) >= 11 is 5.72. The lowest BCUT2D eigenvalue weighted by Crippen LogP contribution is -2.36. The van der Waals surface area contributed by atoms with Gasteiger partial charge in [0, 0.05) is 26.8 Å². The van der Waals surface area contributed by atoms with Crippen molar-refractivity contribution >= 4 is 17.6 Å². The highest BCUT2D eigenvalue weighted by atomic mass is 35.5. The van der Waals surface area contributed by atoms with Crippen LogP contribution in [-0.4, -0.2) is 36.4 Å². The lowest BCUT2D eigenvalue weighted by atomic mass is 10.6. The van der Waals surface area contributed by atoms with E-state index in [2.05, 4.69) is 20.7 Å². The number of hydrogen-bond acceptors (Lipinski definition) is 2. The van der Waals surface area contributed by atoms with Crippen molar-refractivity contribution in [2.24, 2.45) is 4.99 Å². The molecule has 0 spiro atoms. The number of aromatic nitrogens is 2. The smallest absolute Gasteiger partial charge is 0.190 e. The van der Waals surface area contributed by atoms with Gasteiger partial charge in [-0.15, -0.1) is 0 Å². The third kappa shape index (κ3) is 3.26. The largest absolute Gasteiger partial charge is 0.359 e. The van der Waals surface area contributed by atoms with Crippen LogP contribution in [-0.2, 0) is 6.54 Å². The van der Waals surface area contributed by atoms with Gasteiger partial charge >= 0.3 is 0 Å². The lowest BCUT2D eigenvalue weighted by molar-refractivity contribution is 0.600. The van der Waals surface area contributed by atoms with Crippen LogP contribution in [0.3, 0.4) is 0 Å². The molecule has 0 saturated carbocycles. The molecule has 6 heteroatoms. The van der Waals surface area contributed by atoms with Crippen molar-refractivity contribution < 1.29 is 0 Å². The van der Waals surface area contributed by atoms with Gasteiger partial charge in [-0.1, -0.05) is 11.6 Å². The number of halogens is 1. The fourth-order valence-corrected chi connectivity index (χ4v) is 1.19. The molecule has 1 aromatic rings. The fraction of sp³-hybridized carbons (Fsp3) is 0.500. The molecule has 0 atom stereocenters. The van der Waals surface area contributed by atoms with Crippen LogP contribution in [0, 0.1) is 0 Å². The third-order valence-electron chi connectivity index (χ3n) is 1.70. The van der Waals surface area contributed by atoms with Crippen LogP contribution in [0.4, 0.5) is 0 Å². The Hall–Kier alpha value is -1.23. The number of nitrogens with one attached hydrogen (secondary N) is 2.